The minimum Gasteiger partial charge on any atom is -0.463 e. The molecule has 2 saturated carbocycles. The predicted molar refractivity (Wildman–Crippen MR) is 187 cm³/mol. The Morgan fingerprint density at radius 3 is 2.44 bits per heavy atom. The van der Waals surface area contributed by atoms with E-state index in [4.69, 9.17) is 22.1 Å². The van der Waals surface area contributed by atoms with Gasteiger partial charge in [-0.2, -0.15) is 23.4 Å². The maximum atomic E-state index is 16.4. The highest BCUT2D eigenvalue weighted by molar-refractivity contribution is 6.32. The molecule has 0 saturated heterocycles. The lowest BCUT2D eigenvalue weighted by Gasteiger charge is -2.35. The van der Waals surface area contributed by atoms with Gasteiger partial charge in [-0.05, 0) is 67.3 Å². The molecule has 3 heterocycles. The van der Waals surface area contributed by atoms with Crippen molar-refractivity contribution >= 4 is 29.4 Å². The number of benzene rings is 2. The average Bonchev–Trinajstić information content (AvgIpc) is 3.97. The Kier molecular flexibility index (Phi) is 9.53. The zero-order valence-corrected chi connectivity index (χ0v) is 30.7. The van der Waals surface area contributed by atoms with Gasteiger partial charge in [-0.15, -0.1) is 0 Å². The van der Waals surface area contributed by atoms with E-state index in [9.17, 15) is 31.5 Å². The van der Waals surface area contributed by atoms with Gasteiger partial charge >= 0.3 is 12.1 Å². The first-order valence-electron chi connectivity index (χ1n) is 17.6. The molecule has 2 aliphatic carbocycles. The maximum Gasteiger partial charge on any atom is 0.395 e. The van der Waals surface area contributed by atoms with Crippen LogP contribution in [0.3, 0.4) is 0 Å². The SMILES string of the molecule is CC(C)(C)C[C@]1(c2ccc(-c3ccn(C4CC4)n3)cc2F)N=C(N)N([C@H](COC(=O)CC2(C(F)(F)F)CC2)c2ccc(Cl)c(-n3ncnc3C(F)F)c2)C1=O. The number of aromatic nitrogens is 5. The Balaban J connectivity index is 1.28. The summed E-state index contributed by atoms with van der Waals surface area (Å²) in [7, 11) is 0. The fraction of sp³-hybridized carbons (Fsp3) is 0.459. The van der Waals surface area contributed by atoms with E-state index in [0.717, 1.165) is 28.8 Å². The number of guanidine groups is 1. The van der Waals surface area contributed by atoms with Crippen LogP contribution >= 0.6 is 11.6 Å². The second-order valence-electron chi connectivity index (χ2n) is 15.5. The lowest BCUT2D eigenvalue weighted by atomic mass is 9.75. The van der Waals surface area contributed by atoms with Gasteiger partial charge in [-0.3, -0.25) is 19.2 Å². The van der Waals surface area contributed by atoms with Crippen molar-refractivity contribution in [1.82, 2.24) is 29.4 Å². The summed E-state index contributed by atoms with van der Waals surface area (Å²) in [6.07, 6.45) is -4.45. The molecule has 292 valence electrons. The summed E-state index contributed by atoms with van der Waals surface area (Å²) in [5, 5.41) is 8.39. The van der Waals surface area contributed by atoms with E-state index >= 15 is 4.39 Å². The van der Waals surface area contributed by atoms with Crippen LogP contribution in [-0.2, 0) is 19.9 Å². The first kappa shape index (κ1) is 38.3. The Labute approximate surface area is 316 Å². The molecule has 2 fully saturated rings. The van der Waals surface area contributed by atoms with Gasteiger partial charge in [0.05, 0.1) is 40.3 Å². The fourth-order valence-corrected chi connectivity index (χ4v) is 7.31. The van der Waals surface area contributed by atoms with E-state index in [1.54, 1.807) is 12.1 Å². The van der Waals surface area contributed by atoms with Crippen molar-refractivity contribution in [2.45, 2.75) is 89.5 Å². The normalized spacial score (nSPS) is 20.2. The zero-order valence-electron chi connectivity index (χ0n) is 30.0. The minimum atomic E-state index is -4.64. The number of alkyl halides is 5. The van der Waals surface area contributed by atoms with Crippen LogP contribution in [0.1, 0.15) is 94.8 Å². The van der Waals surface area contributed by atoms with Gasteiger partial charge < -0.3 is 10.5 Å². The Morgan fingerprint density at radius 1 is 1.09 bits per heavy atom. The molecule has 0 radical (unpaired) electrons. The quantitative estimate of drug-likeness (QED) is 0.114. The van der Waals surface area contributed by atoms with Crippen molar-refractivity contribution in [2.24, 2.45) is 21.6 Å². The topological polar surface area (TPSA) is 134 Å². The highest BCUT2D eigenvalue weighted by atomic mass is 35.5. The number of rotatable bonds is 12. The molecule has 11 nitrogen and oxygen atoms in total. The third-order valence-corrected chi connectivity index (χ3v) is 10.5. The number of carbonyl (C=O) groups is 2. The van der Waals surface area contributed by atoms with Crippen molar-refractivity contribution in [1.29, 1.82) is 0 Å². The van der Waals surface area contributed by atoms with E-state index < -0.39 is 77.5 Å². The molecule has 7 rings (SSSR count). The van der Waals surface area contributed by atoms with Gasteiger partial charge in [0, 0.05) is 17.3 Å². The molecular weight excluding hydrogens is 754 g/mol. The monoisotopic (exact) mass is 790 g/mol. The number of ether oxygens (including phenoxy) is 1. The van der Waals surface area contributed by atoms with Gasteiger partial charge in [-0.25, -0.2) is 27.8 Å². The first-order valence-corrected chi connectivity index (χ1v) is 18.0. The van der Waals surface area contributed by atoms with Crippen molar-refractivity contribution < 1.29 is 40.7 Å². The van der Waals surface area contributed by atoms with Crippen LogP contribution in [0.5, 0.6) is 0 Å². The highest BCUT2D eigenvalue weighted by Crippen LogP contribution is 2.60. The Bertz CT molecular complexity index is 2170. The number of nitrogens with zero attached hydrogens (tertiary/aromatic N) is 7. The van der Waals surface area contributed by atoms with Gasteiger partial charge in [0.25, 0.3) is 12.3 Å². The standard InChI is InChI=1S/C37H37ClF6N8O3/c1-34(2,3)18-36(23-8-4-20(14-25(23)39)26-10-13-50(49-26)22-6-7-22)32(54)51(33(45)48-36)28(17-55-29(53)16-35(11-12-35)37(42,43)44)21-5-9-24(38)27(15-21)52-31(30(40)41)46-19-47-52/h4-5,8-10,13-15,19,22,28,30H,6-7,11-12,16-18H2,1-3H3,(H2,45,48)/t28-,36-/m1/s1. The highest BCUT2D eigenvalue weighted by Gasteiger charge is 2.64. The van der Waals surface area contributed by atoms with Crippen molar-refractivity contribution in [3.63, 3.8) is 0 Å². The molecule has 2 aromatic carbocycles. The number of amides is 1. The van der Waals surface area contributed by atoms with Crippen LogP contribution in [0.4, 0.5) is 26.3 Å². The summed E-state index contributed by atoms with van der Waals surface area (Å²) in [6.45, 7) is 4.74. The second-order valence-corrected chi connectivity index (χ2v) is 16.0. The molecule has 4 aromatic rings. The molecule has 3 aliphatic rings. The number of carbonyl (C=O) groups excluding carboxylic acids is 2. The van der Waals surface area contributed by atoms with E-state index in [-0.39, 0.29) is 41.1 Å². The molecule has 1 aliphatic heterocycles. The van der Waals surface area contributed by atoms with Crippen molar-refractivity contribution in [3.05, 3.63) is 82.8 Å². The van der Waals surface area contributed by atoms with Crippen molar-refractivity contribution in [2.75, 3.05) is 6.61 Å². The largest absolute Gasteiger partial charge is 0.463 e. The van der Waals surface area contributed by atoms with Crippen LogP contribution in [0.25, 0.3) is 16.9 Å². The van der Waals surface area contributed by atoms with Crippen LogP contribution < -0.4 is 5.73 Å². The third-order valence-electron chi connectivity index (χ3n) is 10.2. The number of esters is 1. The molecule has 55 heavy (non-hydrogen) atoms. The van der Waals surface area contributed by atoms with Gasteiger partial charge in [0.2, 0.25) is 0 Å². The number of aliphatic imine (C=N–C) groups is 1. The maximum absolute atomic E-state index is 16.4. The summed E-state index contributed by atoms with van der Waals surface area (Å²) in [5.41, 5.74) is 2.63. The minimum absolute atomic E-state index is 0.0478. The molecule has 0 unspecified atom stereocenters. The summed E-state index contributed by atoms with van der Waals surface area (Å²) >= 11 is 6.43. The number of hydrogen-bond donors (Lipinski definition) is 1. The molecular formula is C37H37ClF6N8O3. The third kappa shape index (κ3) is 7.30. The zero-order chi connectivity index (χ0) is 39.7. The van der Waals surface area contributed by atoms with Crippen LogP contribution in [0.2, 0.25) is 5.02 Å². The lowest BCUT2D eigenvalue weighted by molar-refractivity contribution is -0.195. The molecule has 0 spiro atoms. The van der Waals surface area contributed by atoms with E-state index in [1.807, 2.05) is 31.6 Å². The molecule has 0 bridgehead atoms. The number of nitrogens with two attached hydrogens (primary N) is 1. The van der Waals surface area contributed by atoms with Gasteiger partial charge in [-0.1, -0.05) is 50.6 Å². The fourth-order valence-electron chi connectivity index (χ4n) is 7.11. The van der Waals surface area contributed by atoms with Crippen LogP contribution in [0.15, 0.2) is 60.0 Å². The smallest absolute Gasteiger partial charge is 0.395 e. The van der Waals surface area contributed by atoms with Gasteiger partial charge in [0.15, 0.2) is 17.3 Å². The van der Waals surface area contributed by atoms with E-state index in [0.29, 0.717) is 17.3 Å². The summed E-state index contributed by atoms with van der Waals surface area (Å²) in [5.74, 6) is -3.91. The van der Waals surface area contributed by atoms with Crippen molar-refractivity contribution in [3.8, 4) is 16.9 Å². The summed E-state index contributed by atoms with van der Waals surface area (Å²) < 4.78 is 93.4. The summed E-state index contributed by atoms with van der Waals surface area (Å²) in [4.78, 5) is 37.2. The molecule has 2 N–H and O–H groups in total. The molecule has 18 heteroatoms. The van der Waals surface area contributed by atoms with Gasteiger partial charge in [0.1, 0.15) is 18.8 Å². The Morgan fingerprint density at radius 2 is 1.82 bits per heavy atom. The second kappa shape index (κ2) is 13.7. The predicted octanol–water partition coefficient (Wildman–Crippen LogP) is 8.00. The average molecular weight is 791 g/mol. The number of halogens is 7. The van der Waals surface area contributed by atoms with E-state index in [1.165, 1.54) is 30.3 Å². The van der Waals surface area contributed by atoms with Crippen LogP contribution in [0, 0.1) is 16.6 Å². The molecule has 2 atom stereocenters. The number of hydrogen-bond acceptors (Lipinski definition) is 8. The molecule has 2 aromatic heterocycles. The molecule has 1 amide bonds. The van der Waals surface area contributed by atoms with Crippen LogP contribution in [-0.4, -0.2) is 60.1 Å². The first-order chi connectivity index (χ1) is 25.8. The lowest BCUT2D eigenvalue weighted by Crippen LogP contribution is -2.47. The Hall–Kier alpha value is -4.93. The van der Waals surface area contributed by atoms with E-state index in [2.05, 4.69) is 20.2 Å². The summed E-state index contributed by atoms with van der Waals surface area (Å²) in [6, 6.07) is 9.03.